The summed E-state index contributed by atoms with van der Waals surface area (Å²) in [4.78, 5) is 0. The number of rotatable bonds is 6. The molecule has 0 amide bonds. The average Bonchev–Trinajstić information content (AvgIpc) is 2.30. The molecule has 0 bridgehead atoms. The second kappa shape index (κ2) is 6.15. The predicted molar refractivity (Wildman–Crippen MR) is 69.1 cm³/mol. The highest BCUT2D eigenvalue weighted by Crippen LogP contribution is 2.29. The van der Waals surface area contributed by atoms with E-state index < -0.39 is 21.7 Å². The van der Waals surface area contributed by atoms with Crippen LogP contribution >= 0.6 is 0 Å². The number of benzene rings is 1. The molecule has 0 aromatic heterocycles. The predicted octanol–water partition coefficient (Wildman–Crippen LogP) is 1.53. The van der Waals surface area contributed by atoms with Gasteiger partial charge in [0, 0.05) is 17.9 Å². The minimum atomic E-state index is -3.07. The molecule has 18 heavy (non-hydrogen) atoms. The minimum absolute atomic E-state index is 0.00397. The molecule has 0 radical (unpaired) electrons. The molecular weight excluding hydrogens is 257 g/mol. The molecule has 1 aromatic carbocycles. The van der Waals surface area contributed by atoms with Crippen LogP contribution in [0.2, 0.25) is 0 Å². The first kappa shape index (κ1) is 14.9. The van der Waals surface area contributed by atoms with Crippen LogP contribution in [0.5, 0.6) is 5.75 Å². The number of methoxy groups -OCH3 is 1. The molecule has 0 aliphatic heterocycles. The van der Waals surface area contributed by atoms with Crippen LogP contribution in [0.25, 0.3) is 0 Å². The van der Waals surface area contributed by atoms with Crippen molar-refractivity contribution < 1.29 is 17.5 Å². The van der Waals surface area contributed by atoms with E-state index in [2.05, 4.69) is 5.32 Å². The summed E-state index contributed by atoms with van der Waals surface area (Å²) in [6, 6.07) is 4.16. The van der Waals surface area contributed by atoms with E-state index in [4.69, 9.17) is 4.74 Å². The monoisotopic (exact) mass is 275 g/mol. The van der Waals surface area contributed by atoms with E-state index in [-0.39, 0.29) is 5.75 Å². The van der Waals surface area contributed by atoms with Crippen LogP contribution in [-0.4, -0.2) is 34.6 Å². The Labute approximate surface area is 107 Å². The van der Waals surface area contributed by atoms with Crippen LogP contribution in [0, 0.1) is 5.82 Å². The van der Waals surface area contributed by atoms with Crippen LogP contribution in [-0.2, 0) is 9.84 Å². The van der Waals surface area contributed by atoms with Crippen LogP contribution in [0.3, 0.4) is 0 Å². The van der Waals surface area contributed by atoms with Crippen molar-refractivity contribution in [3.63, 3.8) is 0 Å². The number of ether oxygens (including phenoxy) is 1. The van der Waals surface area contributed by atoms with Gasteiger partial charge in [0.1, 0.15) is 21.4 Å². The average molecular weight is 275 g/mol. The van der Waals surface area contributed by atoms with Gasteiger partial charge in [-0.05, 0) is 25.6 Å². The first-order valence-corrected chi connectivity index (χ1v) is 7.62. The lowest BCUT2D eigenvalue weighted by molar-refractivity contribution is 0.392. The van der Waals surface area contributed by atoms with E-state index in [9.17, 15) is 12.8 Å². The number of halogens is 1. The first-order valence-electron chi connectivity index (χ1n) is 5.56. The summed E-state index contributed by atoms with van der Waals surface area (Å²) in [5.74, 6) is 0.0146. The van der Waals surface area contributed by atoms with Crippen molar-refractivity contribution in [3.8, 4) is 5.75 Å². The maximum Gasteiger partial charge on any atom is 0.147 e. The second-order valence-electron chi connectivity index (χ2n) is 4.12. The van der Waals surface area contributed by atoms with Crippen molar-refractivity contribution in [2.45, 2.75) is 12.5 Å². The zero-order chi connectivity index (χ0) is 13.8. The van der Waals surface area contributed by atoms with E-state index in [0.717, 1.165) is 6.26 Å². The van der Waals surface area contributed by atoms with Gasteiger partial charge in [0.25, 0.3) is 0 Å². The molecule has 0 saturated heterocycles. The Bertz CT molecular complexity index is 502. The third-order valence-electron chi connectivity index (χ3n) is 2.71. The SMILES string of the molecule is CNC(CCS(C)(=O)=O)c1c(F)cccc1OC. The van der Waals surface area contributed by atoms with Crippen LogP contribution in [0.15, 0.2) is 18.2 Å². The highest BCUT2D eigenvalue weighted by molar-refractivity contribution is 7.90. The fourth-order valence-electron chi connectivity index (χ4n) is 1.80. The molecule has 102 valence electrons. The Balaban J connectivity index is 3.01. The number of nitrogens with one attached hydrogen (secondary N) is 1. The highest BCUT2D eigenvalue weighted by atomic mass is 32.2. The van der Waals surface area contributed by atoms with Gasteiger partial charge in [-0.2, -0.15) is 0 Å². The van der Waals surface area contributed by atoms with E-state index >= 15 is 0 Å². The topological polar surface area (TPSA) is 55.4 Å². The van der Waals surface area contributed by atoms with E-state index in [1.165, 1.54) is 13.2 Å². The van der Waals surface area contributed by atoms with Gasteiger partial charge in [0.05, 0.1) is 12.9 Å². The lowest BCUT2D eigenvalue weighted by Crippen LogP contribution is -2.21. The van der Waals surface area contributed by atoms with Gasteiger partial charge >= 0.3 is 0 Å². The Morgan fingerprint density at radius 1 is 1.44 bits per heavy atom. The van der Waals surface area contributed by atoms with Gasteiger partial charge in [0.2, 0.25) is 0 Å². The Morgan fingerprint density at radius 2 is 2.11 bits per heavy atom. The maximum atomic E-state index is 13.8. The summed E-state index contributed by atoms with van der Waals surface area (Å²) < 4.78 is 41.3. The normalized spacial score (nSPS) is 13.3. The summed E-state index contributed by atoms with van der Waals surface area (Å²) >= 11 is 0. The number of hydrogen-bond acceptors (Lipinski definition) is 4. The van der Waals surface area contributed by atoms with Gasteiger partial charge in [-0.15, -0.1) is 0 Å². The molecule has 1 rings (SSSR count). The molecule has 0 aliphatic rings. The summed E-state index contributed by atoms with van der Waals surface area (Å²) in [6.07, 6.45) is 1.46. The van der Waals surface area contributed by atoms with Crippen molar-refractivity contribution in [2.24, 2.45) is 0 Å². The molecular formula is C12H18FNO3S. The molecule has 1 N–H and O–H groups in total. The fraction of sp³-hybridized carbons (Fsp3) is 0.500. The van der Waals surface area contributed by atoms with Crippen molar-refractivity contribution in [2.75, 3.05) is 26.2 Å². The third kappa shape index (κ3) is 3.96. The second-order valence-corrected chi connectivity index (χ2v) is 6.38. The van der Waals surface area contributed by atoms with Gasteiger partial charge < -0.3 is 10.1 Å². The standard InChI is InChI=1S/C12H18FNO3S/c1-14-10(7-8-18(3,15)16)12-9(13)5-4-6-11(12)17-2/h4-6,10,14H,7-8H2,1-3H3. The van der Waals surface area contributed by atoms with Crippen LogP contribution < -0.4 is 10.1 Å². The largest absolute Gasteiger partial charge is 0.496 e. The lowest BCUT2D eigenvalue weighted by atomic mass is 10.0. The number of hydrogen-bond donors (Lipinski definition) is 1. The molecule has 0 fully saturated rings. The zero-order valence-corrected chi connectivity index (χ0v) is 11.6. The quantitative estimate of drug-likeness (QED) is 0.855. The van der Waals surface area contributed by atoms with Gasteiger partial charge in [-0.25, -0.2) is 12.8 Å². The van der Waals surface area contributed by atoms with Gasteiger partial charge in [-0.1, -0.05) is 6.07 Å². The van der Waals surface area contributed by atoms with E-state index in [1.807, 2.05) is 0 Å². The Hall–Kier alpha value is -1.14. The van der Waals surface area contributed by atoms with Gasteiger partial charge in [-0.3, -0.25) is 0 Å². The molecule has 0 spiro atoms. The summed E-state index contributed by atoms with van der Waals surface area (Å²) in [7, 11) is 0.0524. The smallest absolute Gasteiger partial charge is 0.147 e. The molecule has 1 aromatic rings. The van der Waals surface area contributed by atoms with Crippen molar-refractivity contribution in [3.05, 3.63) is 29.6 Å². The summed E-state index contributed by atoms with van der Waals surface area (Å²) in [6.45, 7) is 0. The molecule has 0 saturated carbocycles. The summed E-state index contributed by atoms with van der Waals surface area (Å²) in [5.41, 5.74) is 0.367. The van der Waals surface area contributed by atoms with E-state index in [1.54, 1.807) is 19.2 Å². The third-order valence-corrected chi connectivity index (χ3v) is 3.68. The van der Waals surface area contributed by atoms with Crippen molar-refractivity contribution in [1.82, 2.24) is 5.32 Å². The minimum Gasteiger partial charge on any atom is -0.496 e. The zero-order valence-electron chi connectivity index (χ0n) is 10.7. The Kier molecular flexibility index (Phi) is 5.10. The van der Waals surface area contributed by atoms with Gasteiger partial charge in [0.15, 0.2) is 0 Å². The molecule has 6 heteroatoms. The van der Waals surface area contributed by atoms with Crippen molar-refractivity contribution in [1.29, 1.82) is 0 Å². The Morgan fingerprint density at radius 3 is 2.61 bits per heavy atom. The van der Waals surface area contributed by atoms with Crippen LogP contribution in [0.4, 0.5) is 4.39 Å². The lowest BCUT2D eigenvalue weighted by Gasteiger charge is -2.19. The molecule has 1 atom stereocenters. The number of sulfone groups is 1. The highest BCUT2D eigenvalue weighted by Gasteiger charge is 2.20. The van der Waals surface area contributed by atoms with Crippen LogP contribution in [0.1, 0.15) is 18.0 Å². The first-order chi connectivity index (χ1) is 8.39. The fourth-order valence-corrected chi connectivity index (χ4v) is 2.46. The van der Waals surface area contributed by atoms with Crippen molar-refractivity contribution >= 4 is 9.84 Å². The van der Waals surface area contributed by atoms with E-state index in [0.29, 0.717) is 17.7 Å². The molecule has 0 aliphatic carbocycles. The maximum absolute atomic E-state index is 13.8. The molecule has 4 nitrogen and oxygen atoms in total. The molecule has 0 heterocycles. The summed E-state index contributed by atoms with van der Waals surface area (Å²) in [5, 5.41) is 2.92. The molecule has 1 unspecified atom stereocenters.